The molecule has 1 aliphatic rings. The van der Waals surface area contributed by atoms with E-state index in [0.717, 1.165) is 6.42 Å². The minimum Gasteiger partial charge on any atom is -1.00 e. The summed E-state index contributed by atoms with van der Waals surface area (Å²) < 4.78 is 1.61. The fourth-order valence-corrected chi connectivity index (χ4v) is 17.5. The van der Waals surface area contributed by atoms with Gasteiger partial charge in [-0.25, -0.2) is 0 Å². The second-order valence-electron chi connectivity index (χ2n) is 20.6. The van der Waals surface area contributed by atoms with Crippen molar-refractivity contribution in [2.75, 3.05) is 0 Å². The zero-order chi connectivity index (χ0) is 46.0. The van der Waals surface area contributed by atoms with E-state index in [2.05, 4.69) is 136 Å². The van der Waals surface area contributed by atoms with Gasteiger partial charge in [0.15, 0.2) is 0 Å². The van der Waals surface area contributed by atoms with E-state index in [0.29, 0.717) is 5.92 Å². The Hall–Kier alpha value is -1.06. The molecule has 0 radical (unpaired) electrons. The van der Waals surface area contributed by atoms with Gasteiger partial charge in [0.25, 0.3) is 0 Å². The Balaban J connectivity index is 0.00000748. The summed E-state index contributed by atoms with van der Waals surface area (Å²) in [5, 5.41) is 6.79. The molecule has 0 aliphatic heterocycles. The van der Waals surface area contributed by atoms with E-state index in [-0.39, 0.29) is 37.2 Å². The number of benzene rings is 3. The van der Waals surface area contributed by atoms with Crippen molar-refractivity contribution in [3.05, 3.63) is 109 Å². The van der Waals surface area contributed by atoms with Gasteiger partial charge in [0, 0.05) is 0 Å². The van der Waals surface area contributed by atoms with Gasteiger partial charge in [0.05, 0.1) is 0 Å². The van der Waals surface area contributed by atoms with E-state index in [9.17, 15) is 0 Å². The first kappa shape index (κ1) is 64.0. The first-order valence-corrected chi connectivity index (χ1v) is 30.6. The van der Waals surface area contributed by atoms with Crippen LogP contribution in [0.5, 0.6) is 0 Å². The van der Waals surface area contributed by atoms with Gasteiger partial charge in [-0.05, 0) is 0 Å². The zero-order valence-corrected chi connectivity index (χ0v) is 49.2. The molecule has 3 aromatic rings. The Morgan fingerprint density at radius 3 is 0.821 bits per heavy atom. The Labute approximate surface area is 447 Å². The third-order valence-corrected chi connectivity index (χ3v) is 20.0. The third-order valence-electron chi connectivity index (χ3n) is 14.5. The van der Waals surface area contributed by atoms with Crippen molar-refractivity contribution in [3.63, 3.8) is 0 Å². The molecular formula is C62H97Cl3SiTi. The maximum Gasteiger partial charge on any atom is -1.00 e. The number of rotatable bonds is 35. The maximum absolute atomic E-state index is 2.87. The van der Waals surface area contributed by atoms with Crippen molar-refractivity contribution in [2.24, 2.45) is 5.92 Å². The van der Waals surface area contributed by atoms with Crippen LogP contribution in [0.4, 0.5) is 0 Å². The van der Waals surface area contributed by atoms with Crippen molar-refractivity contribution in [3.8, 4) is 0 Å². The van der Waals surface area contributed by atoms with E-state index in [1.165, 1.54) is 193 Å². The summed E-state index contributed by atoms with van der Waals surface area (Å²) in [5.41, 5.74) is 11.3. The summed E-state index contributed by atoms with van der Waals surface area (Å²) >= 11 is 2.48. The molecule has 3 aromatic carbocycles. The molecule has 67 heavy (non-hydrogen) atoms. The minimum absolute atomic E-state index is 0. The summed E-state index contributed by atoms with van der Waals surface area (Å²) in [6, 6.07) is 24.9. The van der Waals surface area contributed by atoms with Crippen molar-refractivity contribution < 1.29 is 57.7 Å². The number of hydrogen-bond acceptors (Lipinski definition) is 0. The van der Waals surface area contributed by atoms with Crippen LogP contribution in [0, 0.1) is 5.92 Å². The first-order chi connectivity index (χ1) is 31.2. The second-order valence-corrected chi connectivity index (χ2v) is 25.3. The van der Waals surface area contributed by atoms with Crippen LogP contribution in [0.2, 0.25) is 0 Å². The molecule has 374 valence electrons. The Bertz CT molecular complexity index is 1580. The van der Waals surface area contributed by atoms with Crippen molar-refractivity contribution in [1.82, 2.24) is 0 Å². The second kappa shape index (κ2) is 36.8. The van der Waals surface area contributed by atoms with E-state index in [1.807, 2.05) is 0 Å². The van der Waals surface area contributed by atoms with Gasteiger partial charge in [0.1, 0.15) is 0 Å². The first-order valence-electron chi connectivity index (χ1n) is 27.8. The quantitative estimate of drug-likeness (QED) is 0.0317. The molecule has 0 heterocycles. The van der Waals surface area contributed by atoms with Crippen LogP contribution in [0.3, 0.4) is 0 Å². The minimum atomic E-state index is -2.87. The summed E-state index contributed by atoms with van der Waals surface area (Å²) in [6.07, 6.45) is 42.7. The van der Waals surface area contributed by atoms with Crippen LogP contribution in [0.1, 0.15) is 249 Å². The molecule has 0 saturated carbocycles. The summed E-state index contributed by atoms with van der Waals surface area (Å²) in [5.74, 6) is 0.489. The topological polar surface area (TPSA) is 0 Å². The van der Waals surface area contributed by atoms with E-state index in [4.69, 9.17) is 0 Å². The molecule has 0 amide bonds. The van der Waals surface area contributed by atoms with Crippen LogP contribution in [-0.4, -0.2) is 8.07 Å². The SMILES string of the molecule is CCCCCCc1cc(CCCCCC)cc([Si](C2=CC[C]([Ti+3])=C2C(C)C)(c2cc(CCCCCC)cc(CCCCCC)c2)c2cc(CCCCCC)cc(CCCCCC)c2)c1.[Cl-].[Cl-].[Cl-]. The number of halogens is 3. The molecule has 4 rings (SSSR count). The van der Waals surface area contributed by atoms with E-state index in [1.54, 1.807) is 63.6 Å². The standard InChI is InChI=1S/C62H97Si.3ClH.Ti/c1-9-15-21-27-34-52-42-53(35-28-22-16-10-2)46-58(45-52)63(62-41-33-40-61(62)51(7)8,59-47-54(36-29-23-17-11-3)43-55(48-59)37-30-24-18-12-4)60-49-56(38-31-25-19-13-5)44-57(50-60)39-32-26-20-14-6;;;;/h41-51H,9-39H2,1-8H3;3*1H;/q;;;;+3/p-3. The molecule has 0 spiro atoms. The average molecular weight is 1020 g/mol. The van der Waals surface area contributed by atoms with Crippen molar-refractivity contribution in [2.45, 2.75) is 254 Å². The molecule has 5 heteroatoms. The normalized spacial score (nSPS) is 12.6. The van der Waals surface area contributed by atoms with Crippen LogP contribution in [0.15, 0.2) is 75.3 Å². The molecule has 0 nitrogen and oxygen atoms in total. The van der Waals surface area contributed by atoms with Gasteiger partial charge < -0.3 is 37.2 Å². The van der Waals surface area contributed by atoms with Crippen LogP contribution >= 0.6 is 0 Å². The fourth-order valence-electron chi connectivity index (χ4n) is 10.9. The van der Waals surface area contributed by atoms with Gasteiger partial charge in [-0.2, -0.15) is 0 Å². The number of hydrogen-bond donors (Lipinski definition) is 0. The monoisotopic (exact) mass is 1020 g/mol. The van der Waals surface area contributed by atoms with Crippen LogP contribution in [-0.2, 0) is 59.0 Å². The van der Waals surface area contributed by atoms with Crippen molar-refractivity contribution in [1.29, 1.82) is 0 Å². The Morgan fingerprint density at radius 1 is 0.373 bits per heavy atom. The van der Waals surface area contributed by atoms with Gasteiger partial charge in [0.2, 0.25) is 0 Å². The molecule has 0 fully saturated rings. The molecule has 1 aliphatic carbocycles. The Morgan fingerprint density at radius 2 is 0.612 bits per heavy atom. The molecule has 0 atom stereocenters. The van der Waals surface area contributed by atoms with E-state index < -0.39 is 8.07 Å². The van der Waals surface area contributed by atoms with Gasteiger partial charge in [-0.15, -0.1) is 0 Å². The van der Waals surface area contributed by atoms with Gasteiger partial charge in [-0.1, -0.05) is 41.5 Å². The molecular weight excluding hydrogens is 927 g/mol. The molecule has 0 bridgehead atoms. The predicted molar refractivity (Wildman–Crippen MR) is 286 cm³/mol. The maximum atomic E-state index is 2.81. The molecule has 0 aromatic heterocycles. The number of allylic oxidation sites excluding steroid dienone is 4. The van der Waals surface area contributed by atoms with Gasteiger partial charge >= 0.3 is 372 Å². The fraction of sp³-hybridized carbons (Fsp3) is 0.645. The Kier molecular flexibility index (Phi) is 35.1. The largest absolute Gasteiger partial charge is 1.00 e. The molecule has 0 saturated heterocycles. The average Bonchev–Trinajstić information content (AvgIpc) is 3.69. The summed E-state index contributed by atoms with van der Waals surface area (Å²) in [4.78, 5) is 0. The summed E-state index contributed by atoms with van der Waals surface area (Å²) in [6.45, 7) is 19.2. The van der Waals surface area contributed by atoms with Crippen molar-refractivity contribution >= 4 is 23.6 Å². The van der Waals surface area contributed by atoms with E-state index >= 15 is 0 Å². The van der Waals surface area contributed by atoms with Gasteiger partial charge in [-0.3, -0.25) is 0 Å². The predicted octanol–water partition coefficient (Wildman–Crippen LogP) is 8.23. The number of aryl methyl sites for hydroxylation is 6. The number of unbranched alkanes of at least 4 members (excludes halogenated alkanes) is 18. The van der Waals surface area contributed by atoms with Crippen LogP contribution < -0.4 is 52.8 Å². The zero-order valence-electron chi connectivity index (χ0n) is 44.4. The smallest absolute Gasteiger partial charge is 1.00 e. The van der Waals surface area contributed by atoms with Crippen LogP contribution in [0.25, 0.3) is 0 Å². The molecule has 0 N–H and O–H groups in total. The third kappa shape index (κ3) is 20.5. The molecule has 0 unspecified atom stereocenters. The summed E-state index contributed by atoms with van der Waals surface area (Å²) in [7, 11) is -2.87.